The standard InChI is InChI=1S/C13H12N4S/c18-13-16-15-9-17(13)8-6-11-4-1-3-10-5-2-7-14-12(10)11/h1-5,7,9H,6,8H2,(H,16,18). The number of hydrogen-bond acceptors (Lipinski definition) is 3. The molecule has 3 rings (SSSR count). The molecule has 18 heavy (non-hydrogen) atoms. The molecular formula is C13H12N4S. The SMILES string of the molecule is S=c1[nH]ncn1CCc1cccc2cccnc12. The molecule has 1 N–H and O–H groups in total. The van der Waals surface area contributed by atoms with Crippen molar-refractivity contribution in [3.05, 3.63) is 53.2 Å². The molecule has 0 atom stereocenters. The smallest absolute Gasteiger partial charge is 0.194 e. The molecule has 0 bridgehead atoms. The number of aromatic amines is 1. The number of nitrogens with zero attached hydrogens (tertiary/aromatic N) is 3. The maximum atomic E-state index is 5.13. The summed E-state index contributed by atoms with van der Waals surface area (Å²) in [6.07, 6.45) is 4.44. The highest BCUT2D eigenvalue weighted by Gasteiger charge is 2.02. The van der Waals surface area contributed by atoms with Crippen LogP contribution in [0.15, 0.2) is 42.9 Å². The van der Waals surface area contributed by atoms with Crippen molar-refractivity contribution in [3.63, 3.8) is 0 Å². The molecule has 2 heterocycles. The molecule has 4 nitrogen and oxygen atoms in total. The Labute approximate surface area is 109 Å². The number of aromatic nitrogens is 4. The van der Waals surface area contributed by atoms with Crippen LogP contribution in [0.3, 0.4) is 0 Å². The van der Waals surface area contributed by atoms with Gasteiger partial charge in [0, 0.05) is 18.1 Å². The van der Waals surface area contributed by atoms with E-state index >= 15 is 0 Å². The molecule has 2 aromatic heterocycles. The van der Waals surface area contributed by atoms with E-state index in [9.17, 15) is 0 Å². The average molecular weight is 256 g/mol. The van der Waals surface area contributed by atoms with Crippen molar-refractivity contribution in [1.29, 1.82) is 0 Å². The highest BCUT2D eigenvalue weighted by Crippen LogP contribution is 2.16. The lowest BCUT2D eigenvalue weighted by Gasteiger charge is -2.05. The lowest BCUT2D eigenvalue weighted by molar-refractivity contribution is 0.687. The molecule has 0 unspecified atom stereocenters. The number of nitrogens with one attached hydrogen (secondary N) is 1. The number of aryl methyl sites for hydroxylation is 2. The second kappa shape index (κ2) is 4.70. The van der Waals surface area contributed by atoms with Crippen molar-refractivity contribution in [1.82, 2.24) is 19.7 Å². The minimum absolute atomic E-state index is 0.656. The van der Waals surface area contributed by atoms with Crippen LogP contribution in [0.1, 0.15) is 5.56 Å². The molecule has 0 aliphatic rings. The van der Waals surface area contributed by atoms with E-state index in [1.807, 2.05) is 16.8 Å². The fourth-order valence-electron chi connectivity index (χ4n) is 2.04. The molecule has 0 fully saturated rings. The highest BCUT2D eigenvalue weighted by molar-refractivity contribution is 7.71. The molecule has 0 aliphatic heterocycles. The minimum Gasteiger partial charge on any atom is -0.306 e. The molecule has 1 aromatic carbocycles. The topological polar surface area (TPSA) is 46.5 Å². The van der Waals surface area contributed by atoms with Gasteiger partial charge in [-0.15, -0.1) is 0 Å². The Kier molecular flexibility index (Phi) is 2.90. The van der Waals surface area contributed by atoms with Crippen LogP contribution in [-0.2, 0) is 13.0 Å². The maximum Gasteiger partial charge on any atom is 0.194 e. The third kappa shape index (κ3) is 2.04. The summed E-state index contributed by atoms with van der Waals surface area (Å²) >= 11 is 5.13. The first-order valence-electron chi connectivity index (χ1n) is 5.77. The van der Waals surface area contributed by atoms with E-state index in [-0.39, 0.29) is 0 Å². The molecular weight excluding hydrogens is 244 g/mol. The zero-order valence-corrected chi connectivity index (χ0v) is 10.5. The monoisotopic (exact) mass is 256 g/mol. The summed E-state index contributed by atoms with van der Waals surface area (Å²) in [6.45, 7) is 0.811. The summed E-state index contributed by atoms with van der Waals surface area (Å²) in [6, 6.07) is 10.3. The van der Waals surface area contributed by atoms with Crippen LogP contribution in [0.5, 0.6) is 0 Å². The Hall–Kier alpha value is -2.01. The van der Waals surface area contributed by atoms with Crippen LogP contribution in [0, 0.1) is 4.77 Å². The Morgan fingerprint density at radius 2 is 2.11 bits per heavy atom. The molecule has 0 spiro atoms. The predicted octanol–water partition coefficient (Wildman–Crippen LogP) is 2.73. The number of hydrogen-bond donors (Lipinski definition) is 1. The van der Waals surface area contributed by atoms with Gasteiger partial charge in [0.1, 0.15) is 6.33 Å². The van der Waals surface area contributed by atoms with Crippen LogP contribution >= 0.6 is 12.2 Å². The number of rotatable bonds is 3. The van der Waals surface area contributed by atoms with E-state index in [1.165, 1.54) is 10.9 Å². The summed E-state index contributed by atoms with van der Waals surface area (Å²) < 4.78 is 2.58. The summed E-state index contributed by atoms with van der Waals surface area (Å²) in [5.41, 5.74) is 2.30. The van der Waals surface area contributed by atoms with E-state index in [0.29, 0.717) is 4.77 Å². The first-order chi connectivity index (χ1) is 8.84. The maximum absolute atomic E-state index is 5.13. The number of H-pyrrole nitrogens is 1. The van der Waals surface area contributed by atoms with Crippen molar-refractivity contribution in [2.75, 3.05) is 0 Å². The fraction of sp³-hybridized carbons (Fsp3) is 0.154. The molecule has 0 amide bonds. The van der Waals surface area contributed by atoms with Crippen molar-refractivity contribution in [3.8, 4) is 0 Å². The highest BCUT2D eigenvalue weighted by atomic mass is 32.1. The number of pyridine rings is 1. The second-order valence-corrected chi connectivity index (χ2v) is 4.48. The van der Waals surface area contributed by atoms with Gasteiger partial charge in [-0.05, 0) is 30.3 Å². The lowest BCUT2D eigenvalue weighted by atomic mass is 10.1. The molecule has 0 radical (unpaired) electrons. The lowest BCUT2D eigenvalue weighted by Crippen LogP contribution is -2.01. The second-order valence-electron chi connectivity index (χ2n) is 4.10. The third-order valence-electron chi connectivity index (χ3n) is 2.96. The van der Waals surface area contributed by atoms with Crippen molar-refractivity contribution in [2.24, 2.45) is 0 Å². The van der Waals surface area contributed by atoms with Crippen LogP contribution in [0.4, 0.5) is 0 Å². The van der Waals surface area contributed by atoms with Crippen LogP contribution in [-0.4, -0.2) is 19.7 Å². The van der Waals surface area contributed by atoms with Gasteiger partial charge in [-0.1, -0.05) is 24.3 Å². The van der Waals surface area contributed by atoms with Gasteiger partial charge in [0.15, 0.2) is 4.77 Å². The zero-order valence-electron chi connectivity index (χ0n) is 9.71. The number of benzene rings is 1. The molecule has 3 aromatic rings. The predicted molar refractivity (Wildman–Crippen MR) is 72.9 cm³/mol. The van der Waals surface area contributed by atoms with Gasteiger partial charge in [-0.3, -0.25) is 10.1 Å². The Balaban J connectivity index is 1.91. The minimum atomic E-state index is 0.656. The summed E-state index contributed by atoms with van der Waals surface area (Å²) in [4.78, 5) is 4.44. The van der Waals surface area contributed by atoms with Gasteiger partial charge in [0.05, 0.1) is 5.52 Å². The largest absolute Gasteiger partial charge is 0.306 e. The zero-order chi connectivity index (χ0) is 12.4. The number of para-hydroxylation sites is 1. The fourth-order valence-corrected chi connectivity index (χ4v) is 2.23. The first-order valence-corrected chi connectivity index (χ1v) is 6.18. The summed E-state index contributed by atoms with van der Waals surface area (Å²) in [7, 11) is 0. The van der Waals surface area contributed by atoms with Crippen LogP contribution in [0.2, 0.25) is 0 Å². The third-order valence-corrected chi connectivity index (χ3v) is 3.28. The molecule has 90 valence electrons. The van der Waals surface area contributed by atoms with E-state index in [4.69, 9.17) is 12.2 Å². The van der Waals surface area contributed by atoms with Gasteiger partial charge in [0.2, 0.25) is 0 Å². The van der Waals surface area contributed by atoms with Crippen molar-refractivity contribution >= 4 is 23.1 Å². The summed E-state index contributed by atoms with van der Waals surface area (Å²) in [5.74, 6) is 0. The van der Waals surface area contributed by atoms with Gasteiger partial charge in [0.25, 0.3) is 0 Å². The molecule has 0 saturated heterocycles. The molecule has 5 heteroatoms. The first kappa shape index (κ1) is 11.1. The van der Waals surface area contributed by atoms with E-state index < -0.39 is 0 Å². The van der Waals surface area contributed by atoms with Gasteiger partial charge in [-0.25, -0.2) is 0 Å². The average Bonchev–Trinajstić information content (AvgIpc) is 2.82. The number of fused-ring (bicyclic) bond motifs is 1. The van der Waals surface area contributed by atoms with Gasteiger partial charge in [-0.2, -0.15) is 5.10 Å². The normalized spacial score (nSPS) is 10.9. The Bertz CT molecular complexity index is 723. The summed E-state index contributed by atoms with van der Waals surface area (Å²) in [5, 5.41) is 7.84. The Morgan fingerprint density at radius 1 is 1.22 bits per heavy atom. The van der Waals surface area contributed by atoms with E-state index in [1.54, 1.807) is 6.33 Å². The Morgan fingerprint density at radius 3 is 2.94 bits per heavy atom. The van der Waals surface area contributed by atoms with E-state index in [0.717, 1.165) is 18.5 Å². The molecule has 0 aliphatic carbocycles. The molecule has 0 saturated carbocycles. The quantitative estimate of drug-likeness (QED) is 0.733. The van der Waals surface area contributed by atoms with Crippen molar-refractivity contribution in [2.45, 2.75) is 13.0 Å². The van der Waals surface area contributed by atoms with Crippen LogP contribution in [0.25, 0.3) is 10.9 Å². The van der Waals surface area contributed by atoms with Gasteiger partial charge >= 0.3 is 0 Å². The van der Waals surface area contributed by atoms with Gasteiger partial charge < -0.3 is 4.57 Å². The van der Waals surface area contributed by atoms with Crippen molar-refractivity contribution < 1.29 is 0 Å². The van der Waals surface area contributed by atoms with E-state index in [2.05, 4.69) is 39.4 Å². The van der Waals surface area contributed by atoms with Crippen LogP contribution < -0.4 is 0 Å².